The molecule has 0 aliphatic rings. The molecule has 9 heteroatoms. The molecule has 4 rings (SSSR count). The van der Waals surface area contributed by atoms with Crippen molar-refractivity contribution in [2.75, 3.05) is 11.9 Å². The molecule has 0 aliphatic carbocycles. The molecule has 0 saturated heterocycles. The summed E-state index contributed by atoms with van der Waals surface area (Å²) in [5, 5.41) is 23.3. The molecule has 1 N–H and O–H groups in total. The van der Waals surface area contributed by atoms with Gasteiger partial charge < -0.3 is 14.6 Å². The maximum Gasteiger partial charge on any atom is 0.269 e. The van der Waals surface area contributed by atoms with Crippen molar-refractivity contribution in [3.63, 3.8) is 0 Å². The van der Waals surface area contributed by atoms with Gasteiger partial charge in [0.15, 0.2) is 0 Å². The molecule has 8 nitrogen and oxygen atoms in total. The van der Waals surface area contributed by atoms with Crippen LogP contribution in [0.1, 0.15) is 23.9 Å². The zero-order chi connectivity index (χ0) is 27.9. The highest BCUT2D eigenvalue weighted by atomic mass is 32.2. The topological polar surface area (TPSA) is 110 Å². The third-order valence-electron chi connectivity index (χ3n) is 5.92. The highest BCUT2D eigenvalue weighted by molar-refractivity contribution is 7.99. The van der Waals surface area contributed by atoms with Crippen molar-refractivity contribution in [2.24, 2.45) is 0 Å². The maximum absolute atomic E-state index is 12.8. The summed E-state index contributed by atoms with van der Waals surface area (Å²) in [6.07, 6.45) is 1.60. The number of non-ortho nitro benzene ring substituents is 1. The molecular weight excluding hydrogens is 512 g/mol. The molecule has 39 heavy (non-hydrogen) atoms. The summed E-state index contributed by atoms with van der Waals surface area (Å²) >= 11 is 1.51. The van der Waals surface area contributed by atoms with E-state index < -0.39 is 10.8 Å². The van der Waals surface area contributed by atoms with E-state index in [9.17, 15) is 20.2 Å². The van der Waals surface area contributed by atoms with Crippen LogP contribution >= 0.6 is 11.8 Å². The van der Waals surface area contributed by atoms with Gasteiger partial charge in [0, 0.05) is 50.8 Å². The minimum atomic E-state index is -0.497. The van der Waals surface area contributed by atoms with Gasteiger partial charge in [0.05, 0.1) is 11.5 Å². The quantitative estimate of drug-likeness (QED) is 0.105. The fourth-order valence-electron chi connectivity index (χ4n) is 4.10. The van der Waals surface area contributed by atoms with Gasteiger partial charge in [-0.1, -0.05) is 17.8 Å². The van der Waals surface area contributed by atoms with Crippen molar-refractivity contribution in [2.45, 2.75) is 30.6 Å². The first-order valence-corrected chi connectivity index (χ1v) is 13.0. The Balaban J connectivity index is 1.52. The van der Waals surface area contributed by atoms with Crippen LogP contribution in [-0.2, 0) is 4.79 Å². The Labute approximate surface area is 230 Å². The zero-order valence-corrected chi connectivity index (χ0v) is 22.5. The van der Waals surface area contributed by atoms with Gasteiger partial charge in [-0.15, -0.1) is 0 Å². The van der Waals surface area contributed by atoms with E-state index in [0.29, 0.717) is 18.0 Å². The number of nitrogens with one attached hydrogen (secondary N) is 1. The van der Waals surface area contributed by atoms with Gasteiger partial charge in [-0.25, -0.2) is 0 Å². The third kappa shape index (κ3) is 6.55. The summed E-state index contributed by atoms with van der Waals surface area (Å²) in [5.74, 6) is 0.141. The highest BCUT2D eigenvalue weighted by Gasteiger charge is 2.15. The summed E-state index contributed by atoms with van der Waals surface area (Å²) in [5.41, 5.74) is 4.15. The first kappa shape index (κ1) is 27.2. The number of nitro groups is 1. The molecule has 0 unspecified atom stereocenters. The van der Waals surface area contributed by atoms with E-state index in [1.165, 1.54) is 23.9 Å². The number of ether oxygens (including phenoxy) is 1. The first-order chi connectivity index (χ1) is 18.8. The van der Waals surface area contributed by atoms with Gasteiger partial charge in [0.2, 0.25) is 0 Å². The Hall–Kier alpha value is -4.81. The Morgan fingerprint density at radius 3 is 2.36 bits per heavy atom. The summed E-state index contributed by atoms with van der Waals surface area (Å²) in [7, 11) is 0. The van der Waals surface area contributed by atoms with Crippen LogP contribution in [0.15, 0.2) is 94.2 Å². The molecule has 0 saturated carbocycles. The van der Waals surface area contributed by atoms with E-state index in [1.807, 2.05) is 57.2 Å². The monoisotopic (exact) mass is 538 g/mol. The van der Waals surface area contributed by atoms with E-state index in [4.69, 9.17) is 4.74 Å². The number of nitriles is 1. The van der Waals surface area contributed by atoms with Crippen LogP contribution in [0, 0.1) is 35.3 Å². The van der Waals surface area contributed by atoms with Crippen molar-refractivity contribution in [3.05, 3.63) is 112 Å². The largest absolute Gasteiger partial charge is 0.494 e. The standard InChI is InChI=1S/C30H26N4O4S/c1-4-38-27-7-5-6-24(18-27)32-30(35)23(19-31)17-22-16-20(2)33(21(22)3)25-8-12-28(13-9-25)39-29-14-10-26(11-15-29)34(36)37/h5-18H,4H2,1-3H3,(H,32,35)/b23-17-. The van der Waals surface area contributed by atoms with Crippen LogP contribution in [-0.4, -0.2) is 22.0 Å². The number of amides is 1. The average Bonchev–Trinajstić information content (AvgIpc) is 3.20. The molecule has 1 amide bonds. The minimum absolute atomic E-state index is 0.00749. The molecule has 0 bridgehead atoms. The van der Waals surface area contributed by atoms with E-state index >= 15 is 0 Å². The van der Waals surface area contributed by atoms with E-state index in [1.54, 1.807) is 42.5 Å². The minimum Gasteiger partial charge on any atom is -0.494 e. The third-order valence-corrected chi connectivity index (χ3v) is 6.93. The van der Waals surface area contributed by atoms with E-state index in [0.717, 1.165) is 32.4 Å². The van der Waals surface area contributed by atoms with Crippen molar-refractivity contribution >= 4 is 35.1 Å². The van der Waals surface area contributed by atoms with Gasteiger partial charge in [-0.3, -0.25) is 14.9 Å². The average molecular weight is 539 g/mol. The summed E-state index contributed by atoms with van der Waals surface area (Å²) in [4.78, 5) is 25.2. The van der Waals surface area contributed by atoms with Gasteiger partial charge in [-0.05, 0) is 87.0 Å². The molecule has 0 radical (unpaired) electrons. The van der Waals surface area contributed by atoms with E-state index in [-0.39, 0.29) is 11.3 Å². The number of anilines is 1. The second-order valence-corrected chi connectivity index (χ2v) is 9.74. The Morgan fingerprint density at radius 2 is 1.74 bits per heavy atom. The maximum atomic E-state index is 12.8. The van der Waals surface area contributed by atoms with Crippen molar-refractivity contribution in [1.82, 2.24) is 4.57 Å². The number of nitro benzene ring substituents is 1. The second-order valence-electron chi connectivity index (χ2n) is 8.59. The molecule has 1 aromatic heterocycles. The zero-order valence-electron chi connectivity index (χ0n) is 21.7. The molecule has 0 aliphatic heterocycles. The fourth-order valence-corrected chi connectivity index (χ4v) is 4.92. The highest BCUT2D eigenvalue weighted by Crippen LogP contribution is 2.31. The van der Waals surface area contributed by atoms with Gasteiger partial charge >= 0.3 is 0 Å². The van der Waals surface area contributed by atoms with Crippen LogP contribution < -0.4 is 10.1 Å². The first-order valence-electron chi connectivity index (χ1n) is 12.2. The number of nitrogens with zero attached hydrogens (tertiary/aromatic N) is 3. The van der Waals surface area contributed by atoms with Gasteiger partial charge in [0.1, 0.15) is 17.4 Å². The van der Waals surface area contributed by atoms with Crippen molar-refractivity contribution in [1.29, 1.82) is 5.26 Å². The van der Waals surface area contributed by atoms with Crippen molar-refractivity contribution in [3.8, 4) is 17.5 Å². The smallest absolute Gasteiger partial charge is 0.269 e. The van der Waals surface area contributed by atoms with Crippen LogP contribution in [0.4, 0.5) is 11.4 Å². The number of carbonyl (C=O) groups excluding carboxylic acids is 1. The molecule has 196 valence electrons. The predicted octanol–water partition coefficient (Wildman–Crippen LogP) is 7.10. The number of aryl methyl sites for hydroxylation is 1. The van der Waals surface area contributed by atoms with Crippen LogP contribution in [0.3, 0.4) is 0 Å². The number of hydrogen-bond acceptors (Lipinski definition) is 6. The number of aromatic nitrogens is 1. The number of carbonyl (C=O) groups is 1. The van der Waals surface area contributed by atoms with Gasteiger partial charge in [0.25, 0.3) is 11.6 Å². The van der Waals surface area contributed by atoms with Crippen LogP contribution in [0.5, 0.6) is 5.75 Å². The van der Waals surface area contributed by atoms with Gasteiger partial charge in [-0.2, -0.15) is 5.26 Å². The lowest BCUT2D eigenvalue weighted by atomic mass is 10.1. The molecular formula is C30H26N4O4S. The lowest BCUT2D eigenvalue weighted by Gasteiger charge is -2.11. The van der Waals surface area contributed by atoms with Crippen LogP contribution in [0.25, 0.3) is 11.8 Å². The van der Waals surface area contributed by atoms with E-state index in [2.05, 4.69) is 9.88 Å². The Bertz CT molecular complexity index is 1580. The SMILES string of the molecule is CCOc1cccc(NC(=O)/C(C#N)=C\c2cc(C)n(-c3ccc(Sc4ccc([N+](=O)[O-])cc4)cc3)c2C)c1. The Kier molecular flexibility index (Phi) is 8.49. The molecule has 3 aromatic carbocycles. The molecule has 1 heterocycles. The van der Waals surface area contributed by atoms with Crippen LogP contribution in [0.2, 0.25) is 0 Å². The molecule has 0 spiro atoms. The molecule has 0 fully saturated rings. The Morgan fingerprint density at radius 1 is 1.08 bits per heavy atom. The number of hydrogen-bond donors (Lipinski definition) is 1. The lowest BCUT2D eigenvalue weighted by molar-refractivity contribution is -0.384. The summed E-state index contributed by atoms with van der Waals surface area (Å²) < 4.78 is 7.54. The lowest BCUT2D eigenvalue weighted by Crippen LogP contribution is -2.13. The second kappa shape index (κ2) is 12.2. The normalized spacial score (nSPS) is 11.1. The van der Waals surface area contributed by atoms with Crippen molar-refractivity contribution < 1.29 is 14.5 Å². The summed E-state index contributed by atoms with van der Waals surface area (Å²) in [6, 6.07) is 25.4. The molecule has 0 atom stereocenters. The summed E-state index contributed by atoms with van der Waals surface area (Å²) in [6.45, 7) is 6.30. The predicted molar refractivity (Wildman–Crippen MR) is 152 cm³/mol. The fraction of sp³-hybridized carbons (Fsp3) is 0.133. The number of benzene rings is 3. The number of rotatable bonds is 9. The molecule has 4 aromatic rings.